The van der Waals surface area contributed by atoms with Gasteiger partial charge in [-0.1, -0.05) is 18.2 Å². The molecule has 0 bridgehead atoms. The van der Waals surface area contributed by atoms with E-state index in [-0.39, 0.29) is 22.8 Å². The number of ether oxygens (including phenoxy) is 1. The van der Waals surface area contributed by atoms with Gasteiger partial charge in [0.1, 0.15) is 11.6 Å². The standard InChI is InChI=1S/C20H17FN2O5S/c1-28-19-6-2-4-15(12-19)14-22(17-10-8-16(21)9-11-17)29(26,27)20-7-3-5-18(13-20)23(24)25/h2-13H,14H2,1H3. The molecule has 9 heteroatoms. The number of benzene rings is 3. The highest BCUT2D eigenvalue weighted by molar-refractivity contribution is 7.92. The van der Waals surface area contributed by atoms with Crippen LogP contribution in [0, 0.1) is 15.9 Å². The lowest BCUT2D eigenvalue weighted by Gasteiger charge is -2.25. The molecule has 0 radical (unpaired) electrons. The van der Waals surface area contributed by atoms with Crippen molar-refractivity contribution in [3.05, 3.63) is 94.3 Å². The lowest BCUT2D eigenvalue weighted by Crippen LogP contribution is -2.30. The van der Waals surface area contributed by atoms with Gasteiger partial charge < -0.3 is 4.74 Å². The molecular formula is C20H17FN2O5S. The minimum atomic E-state index is -4.18. The third-order valence-corrected chi connectivity index (χ3v) is 5.96. The number of rotatable bonds is 7. The highest BCUT2D eigenvalue weighted by atomic mass is 32.2. The zero-order valence-corrected chi connectivity index (χ0v) is 16.2. The monoisotopic (exact) mass is 416 g/mol. The molecule has 0 N–H and O–H groups in total. The van der Waals surface area contributed by atoms with Crippen molar-refractivity contribution in [1.82, 2.24) is 0 Å². The van der Waals surface area contributed by atoms with Gasteiger partial charge in [0.05, 0.1) is 29.2 Å². The van der Waals surface area contributed by atoms with E-state index in [0.29, 0.717) is 11.3 Å². The van der Waals surface area contributed by atoms with Gasteiger partial charge in [0.25, 0.3) is 15.7 Å². The van der Waals surface area contributed by atoms with E-state index in [9.17, 15) is 22.9 Å². The number of anilines is 1. The molecule has 0 aliphatic rings. The number of methoxy groups -OCH3 is 1. The molecule has 0 unspecified atom stereocenters. The van der Waals surface area contributed by atoms with Crippen LogP contribution in [-0.4, -0.2) is 20.5 Å². The summed E-state index contributed by atoms with van der Waals surface area (Å²) in [5.41, 5.74) is 0.509. The first-order valence-electron chi connectivity index (χ1n) is 8.47. The molecule has 0 spiro atoms. The van der Waals surface area contributed by atoms with E-state index < -0.39 is 20.8 Å². The smallest absolute Gasteiger partial charge is 0.270 e. The number of hydrogen-bond donors (Lipinski definition) is 0. The summed E-state index contributed by atoms with van der Waals surface area (Å²) < 4.78 is 46.3. The average Bonchev–Trinajstić information content (AvgIpc) is 2.73. The van der Waals surface area contributed by atoms with Crippen LogP contribution in [0.3, 0.4) is 0 Å². The van der Waals surface area contributed by atoms with E-state index in [1.54, 1.807) is 24.3 Å². The molecule has 0 amide bonds. The van der Waals surface area contributed by atoms with Crippen LogP contribution in [0.25, 0.3) is 0 Å². The maximum atomic E-state index is 13.4. The average molecular weight is 416 g/mol. The first-order valence-corrected chi connectivity index (χ1v) is 9.91. The fourth-order valence-electron chi connectivity index (χ4n) is 2.74. The maximum Gasteiger partial charge on any atom is 0.270 e. The Morgan fingerprint density at radius 3 is 2.38 bits per heavy atom. The van der Waals surface area contributed by atoms with Gasteiger partial charge in [-0.15, -0.1) is 0 Å². The molecule has 0 aliphatic heterocycles. The van der Waals surface area contributed by atoms with Crippen molar-refractivity contribution in [3.8, 4) is 5.75 Å². The molecule has 150 valence electrons. The second-order valence-electron chi connectivity index (χ2n) is 6.09. The Hall–Kier alpha value is -3.46. The van der Waals surface area contributed by atoms with Gasteiger partial charge in [-0.05, 0) is 48.0 Å². The number of nitro benzene ring substituents is 1. The molecule has 0 aromatic heterocycles. The van der Waals surface area contributed by atoms with Crippen LogP contribution in [0.5, 0.6) is 5.75 Å². The summed E-state index contributed by atoms with van der Waals surface area (Å²) in [5.74, 6) is 0.0390. The van der Waals surface area contributed by atoms with Crippen LogP contribution in [0.2, 0.25) is 0 Å². The lowest BCUT2D eigenvalue weighted by molar-refractivity contribution is -0.385. The molecule has 3 rings (SSSR count). The summed E-state index contributed by atoms with van der Waals surface area (Å²) in [7, 11) is -2.68. The molecule has 0 aliphatic carbocycles. The predicted octanol–water partition coefficient (Wildman–Crippen LogP) is 4.14. The fourth-order valence-corrected chi connectivity index (χ4v) is 4.24. The first-order chi connectivity index (χ1) is 13.8. The summed E-state index contributed by atoms with van der Waals surface area (Å²) in [6.07, 6.45) is 0. The van der Waals surface area contributed by atoms with Crippen LogP contribution in [0.15, 0.2) is 77.7 Å². The van der Waals surface area contributed by atoms with Gasteiger partial charge in [-0.2, -0.15) is 0 Å². The third kappa shape index (κ3) is 4.52. The number of nitro groups is 1. The van der Waals surface area contributed by atoms with Gasteiger partial charge in [-0.3, -0.25) is 14.4 Å². The molecule has 0 saturated heterocycles. The van der Waals surface area contributed by atoms with E-state index in [0.717, 1.165) is 22.5 Å². The highest BCUT2D eigenvalue weighted by Crippen LogP contribution is 2.28. The van der Waals surface area contributed by atoms with E-state index in [4.69, 9.17) is 4.74 Å². The van der Waals surface area contributed by atoms with E-state index in [1.807, 2.05) is 0 Å². The Morgan fingerprint density at radius 1 is 1.03 bits per heavy atom. The number of halogens is 1. The predicted molar refractivity (Wildman–Crippen MR) is 106 cm³/mol. The summed E-state index contributed by atoms with van der Waals surface area (Å²) in [6, 6.07) is 16.6. The second-order valence-corrected chi connectivity index (χ2v) is 7.96. The second kappa shape index (κ2) is 8.27. The van der Waals surface area contributed by atoms with Crippen LogP contribution >= 0.6 is 0 Å². The van der Waals surface area contributed by atoms with Gasteiger partial charge in [0.15, 0.2) is 0 Å². The van der Waals surface area contributed by atoms with Crippen molar-refractivity contribution in [2.75, 3.05) is 11.4 Å². The Bertz CT molecular complexity index is 1130. The molecule has 29 heavy (non-hydrogen) atoms. The van der Waals surface area contributed by atoms with Crippen LogP contribution in [0.4, 0.5) is 15.8 Å². The highest BCUT2D eigenvalue weighted by Gasteiger charge is 2.27. The lowest BCUT2D eigenvalue weighted by atomic mass is 10.2. The molecule has 7 nitrogen and oxygen atoms in total. The zero-order valence-electron chi connectivity index (χ0n) is 15.4. The van der Waals surface area contributed by atoms with Crippen LogP contribution < -0.4 is 9.04 Å². The van der Waals surface area contributed by atoms with E-state index in [1.165, 1.54) is 37.4 Å². The van der Waals surface area contributed by atoms with Gasteiger partial charge in [-0.25, -0.2) is 12.8 Å². The Kier molecular flexibility index (Phi) is 5.79. The minimum Gasteiger partial charge on any atom is -0.497 e. The molecule has 0 fully saturated rings. The SMILES string of the molecule is COc1cccc(CN(c2ccc(F)cc2)S(=O)(=O)c2cccc([N+](=O)[O-])c2)c1. The zero-order chi connectivity index (χ0) is 21.0. The Labute approximate surface area is 167 Å². The molecular weight excluding hydrogens is 399 g/mol. The van der Waals surface area contributed by atoms with E-state index in [2.05, 4.69) is 0 Å². The number of sulfonamides is 1. The Balaban J connectivity index is 2.09. The maximum absolute atomic E-state index is 13.4. The minimum absolute atomic E-state index is 0.0755. The fraction of sp³-hybridized carbons (Fsp3) is 0.100. The first kappa shape index (κ1) is 20.3. The van der Waals surface area contributed by atoms with Crippen molar-refractivity contribution in [1.29, 1.82) is 0 Å². The van der Waals surface area contributed by atoms with Crippen molar-refractivity contribution in [3.63, 3.8) is 0 Å². The molecule has 0 heterocycles. The third-order valence-electron chi connectivity index (χ3n) is 4.19. The molecule has 3 aromatic carbocycles. The number of hydrogen-bond acceptors (Lipinski definition) is 5. The summed E-state index contributed by atoms with van der Waals surface area (Å²) in [5, 5.41) is 11.1. The summed E-state index contributed by atoms with van der Waals surface area (Å²) in [6.45, 7) is -0.0755. The number of nitrogens with zero attached hydrogens (tertiary/aromatic N) is 2. The largest absolute Gasteiger partial charge is 0.497 e. The quantitative estimate of drug-likeness (QED) is 0.427. The van der Waals surface area contributed by atoms with Crippen molar-refractivity contribution >= 4 is 21.4 Å². The molecule has 0 saturated carbocycles. The van der Waals surface area contributed by atoms with E-state index >= 15 is 0 Å². The normalized spacial score (nSPS) is 11.1. The van der Waals surface area contributed by atoms with Crippen molar-refractivity contribution in [2.24, 2.45) is 0 Å². The van der Waals surface area contributed by atoms with Gasteiger partial charge in [0.2, 0.25) is 0 Å². The molecule has 3 aromatic rings. The van der Waals surface area contributed by atoms with Crippen molar-refractivity contribution in [2.45, 2.75) is 11.4 Å². The topological polar surface area (TPSA) is 89.8 Å². The molecule has 0 atom stereocenters. The van der Waals surface area contributed by atoms with Crippen LogP contribution in [-0.2, 0) is 16.6 Å². The summed E-state index contributed by atoms with van der Waals surface area (Å²) in [4.78, 5) is 10.2. The van der Waals surface area contributed by atoms with Gasteiger partial charge in [0, 0.05) is 12.1 Å². The Morgan fingerprint density at radius 2 is 1.72 bits per heavy atom. The number of non-ortho nitro benzene ring substituents is 1. The van der Waals surface area contributed by atoms with Crippen LogP contribution in [0.1, 0.15) is 5.56 Å². The van der Waals surface area contributed by atoms with Crippen molar-refractivity contribution < 1.29 is 22.5 Å². The summed E-state index contributed by atoms with van der Waals surface area (Å²) >= 11 is 0. The van der Waals surface area contributed by atoms with Gasteiger partial charge >= 0.3 is 0 Å².